The summed E-state index contributed by atoms with van der Waals surface area (Å²) in [7, 11) is 0. The maximum Gasteiger partial charge on any atom is 0.161 e. The molecule has 31 heavy (non-hydrogen) atoms. The second kappa shape index (κ2) is 10.4. The SMILES string of the molecule is CCCc1c(F)cc(CCC2OCC(c3ccc(/C(F)=C(/C)F)cc3F)CO2)cc1F. The molecule has 1 heterocycles. The molecule has 0 aromatic heterocycles. The van der Waals surface area contributed by atoms with Crippen LogP contribution in [0.3, 0.4) is 0 Å². The molecule has 0 saturated carbocycles. The van der Waals surface area contributed by atoms with Crippen LogP contribution in [0, 0.1) is 17.5 Å². The largest absolute Gasteiger partial charge is 0.352 e. The maximum atomic E-state index is 14.4. The van der Waals surface area contributed by atoms with Crippen molar-refractivity contribution in [3.8, 4) is 0 Å². The molecule has 0 bridgehead atoms. The van der Waals surface area contributed by atoms with Crippen molar-refractivity contribution in [1.29, 1.82) is 0 Å². The number of aryl methyl sites for hydroxylation is 1. The van der Waals surface area contributed by atoms with Gasteiger partial charge in [0.1, 0.15) is 23.3 Å². The van der Waals surface area contributed by atoms with Crippen molar-refractivity contribution in [2.75, 3.05) is 13.2 Å². The van der Waals surface area contributed by atoms with Crippen LogP contribution in [0.15, 0.2) is 36.2 Å². The Kier molecular flexibility index (Phi) is 7.84. The summed E-state index contributed by atoms with van der Waals surface area (Å²) in [6.45, 7) is 3.18. The molecule has 168 valence electrons. The lowest BCUT2D eigenvalue weighted by Crippen LogP contribution is -2.31. The summed E-state index contributed by atoms with van der Waals surface area (Å²) in [6, 6.07) is 6.33. The molecule has 3 rings (SSSR count). The highest BCUT2D eigenvalue weighted by Crippen LogP contribution is 2.29. The standard InChI is InChI=1S/C24H25F5O2/c1-3-4-19-20(26)9-15(10-21(19)27)5-8-23-30-12-17(13-31-23)18-7-6-16(11-22(18)28)24(29)14(2)25/h6-7,9-11,17,23H,3-5,8,12-13H2,1-2H3/b24-14+. The number of rotatable bonds is 7. The first-order valence-electron chi connectivity index (χ1n) is 10.3. The van der Waals surface area contributed by atoms with Crippen molar-refractivity contribution in [1.82, 2.24) is 0 Å². The van der Waals surface area contributed by atoms with Crippen LogP contribution in [-0.4, -0.2) is 19.5 Å². The predicted octanol–water partition coefficient (Wildman–Crippen LogP) is 6.77. The van der Waals surface area contributed by atoms with Crippen molar-refractivity contribution < 1.29 is 31.4 Å². The van der Waals surface area contributed by atoms with Gasteiger partial charge in [-0.3, -0.25) is 0 Å². The van der Waals surface area contributed by atoms with Gasteiger partial charge in [0.15, 0.2) is 12.1 Å². The number of benzene rings is 2. The van der Waals surface area contributed by atoms with E-state index in [1.807, 2.05) is 6.92 Å². The van der Waals surface area contributed by atoms with E-state index >= 15 is 0 Å². The van der Waals surface area contributed by atoms with Crippen LogP contribution in [0.4, 0.5) is 22.0 Å². The molecule has 1 saturated heterocycles. The fraction of sp³-hybridized carbons (Fsp3) is 0.417. The Morgan fingerprint density at radius 3 is 2.13 bits per heavy atom. The second-order valence-corrected chi connectivity index (χ2v) is 7.70. The quantitative estimate of drug-likeness (QED) is 0.442. The Balaban J connectivity index is 1.56. The molecule has 1 aliphatic rings. The first-order chi connectivity index (χ1) is 14.8. The number of halogens is 5. The van der Waals surface area contributed by atoms with E-state index in [4.69, 9.17) is 9.47 Å². The molecule has 0 amide bonds. The monoisotopic (exact) mass is 440 g/mol. The summed E-state index contributed by atoms with van der Waals surface area (Å²) >= 11 is 0. The van der Waals surface area contributed by atoms with E-state index in [9.17, 15) is 22.0 Å². The molecule has 0 radical (unpaired) electrons. The van der Waals surface area contributed by atoms with Crippen LogP contribution in [0.5, 0.6) is 0 Å². The molecule has 2 aromatic carbocycles. The highest BCUT2D eigenvalue weighted by molar-refractivity contribution is 5.61. The lowest BCUT2D eigenvalue weighted by molar-refractivity contribution is -0.189. The van der Waals surface area contributed by atoms with E-state index < -0.39 is 41.3 Å². The molecule has 1 fully saturated rings. The predicted molar refractivity (Wildman–Crippen MR) is 108 cm³/mol. The van der Waals surface area contributed by atoms with Gasteiger partial charge in [-0.25, -0.2) is 22.0 Å². The summed E-state index contributed by atoms with van der Waals surface area (Å²) in [6.07, 6.45) is 1.19. The smallest absolute Gasteiger partial charge is 0.161 e. The number of hydrogen-bond acceptors (Lipinski definition) is 2. The van der Waals surface area contributed by atoms with E-state index in [1.165, 1.54) is 24.3 Å². The Labute approximate surface area is 178 Å². The summed E-state index contributed by atoms with van der Waals surface area (Å²) in [5.41, 5.74) is 0.747. The maximum absolute atomic E-state index is 14.4. The summed E-state index contributed by atoms with van der Waals surface area (Å²) in [4.78, 5) is 0. The Bertz CT molecular complexity index is 922. The van der Waals surface area contributed by atoms with Gasteiger partial charge in [0.2, 0.25) is 0 Å². The van der Waals surface area contributed by atoms with Crippen molar-refractivity contribution in [3.63, 3.8) is 0 Å². The third-order valence-electron chi connectivity index (χ3n) is 5.33. The van der Waals surface area contributed by atoms with Gasteiger partial charge in [-0.15, -0.1) is 0 Å². The normalized spacial score (nSPS) is 20.0. The van der Waals surface area contributed by atoms with Crippen LogP contribution < -0.4 is 0 Å². The molecule has 0 aliphatic carbocycles. The van der Waals surface area contributed by atoms with Crippen LogP contribution in [0.2, 0.25) is 0 Å². The highest BCUT2D eigenvalue weighted by Gasteiger charge is 2.26. The fourth-order valence-corrected chi connectivity index (χ4v) is 3.66. The van der Waals surface area contributed by atoms with Crippen molar-refractivity contribution in [3.05, 3.63) is 75.9 Å². The molecule has 7 heteroatoms. The van der Waals surface area contributed by atoms with E-state index in [0.29, 0.717) is 36.8 Å². The number of allylic oxidation sites excluding steroid dienone is 1. The average Bonchev–Trinajstić information content (AvgIpc) is 2.74. The molecule has 2 aromatic rings. The van der Waals surface area contributed by atoms with Crippen LogP contribution in [0.1, 0.15) is 54.9 Å². The molecular formula is C24H25F5O2. The molecule has 1 aliphatic heterocycles. The summed E-state index contributed by atoms with van der Waals surface area (Å²) < 4.78 is 80.5. The van der Waals surface area contributed by atoms with E-state index in [1.54, 1.807) is 0 Å². The Hall–Kier alpha value is -2.25. The summed E-state index contributed by atoms with van der Waals surface area (Å²) in [5, 5.41) is 0. The molecule has 0 atom stereocenters. The lowest BCUT2D eigenvalue weighted by Gasteiger charge is -2.30. The second-order valence-electron chi connectivity index (χ2n) is 7.70. The molecule has 0 unspecified atom stereocenters. The van der Waals surface area contributed by atoms with Gasteiger partial charge < -0.3 is 9.47 Å². The minimum Gasteiger partial charge on any atom is -0.352 e. The number of ether oxygens (including phenoxy) is 2. The first kappa shape index (κ1) is 23.4. The highest BCUT2D eigenvalue weighted by atomic mass is 19.2. The fourth-order valence-electron chi connectivity index (χ4n) is 3.66. The number of hydrogen-bond donors (Lipinski definition) is 0. The summed E-state index contributed by atoms with van der Waals surface area (Å²) in [5.74, 6) is -4.27. The first-order valence-corrected chi connectivity index (χ1v) is 10.3. The zero-order chi connectivity index (χ0) is 22.5. The molecular weight excluding hydrogens is 415 g/mol. The van der Waals surface area contributed by atoms with Gasteiger partial charge in [-0.1, -0.05) is 25.5 Å². The Morgan fingerprint density at radius 1 is 0.935 bits per heavy atom. The average molecular weight is 440 g/mol. The topological polar surface area (TPSA) is 18.5 Å². The van der Waals surface area contributed by atoms with Crippen molar-refractivity contribution in [2.45, 2.75) is 51.7 Å². The van der Waals surface area contributed by atoms with Gasteiger partial charge >= 0.3 is 0 Å². The van der Waals surface area contributed by atoms with Gasteiger partial charge in [0.05, 0.1) is 13.2 Å². The van der Waals surface area contributed by atoms with E-state index in [2.05, 4.69) is 0 Å². The molecule has 0 spiro atoms. The van der Waals surface area contributed by atoms with Crippen LogP contribution in [0.25, 0.3) is 5.83 Å². The van der Waals surface area contributed by atoms with E-state index in [0.717, 1.165) is 13.0 Å². The third kappa shape index (κ3) is 5.71. The molecule has 0 N–H and O–H groups in total. The third-order valence-corrected chi connectivity index (χ3v) is 5.33. The Morgan fingerprint density at radius 2 is 1.58 bits per heavy atom. The molecule has 2 nitrogen and oxygen atoms in total. The minimum atomic E-state index is -1.10. The zero-order valence-corrected chi connectivity index (χ0v) is 17.5. The zero-order valence-electron chi connectivity index (χ0n) is 17.5. The minimum absolute atomic E-state index is 0.101. The lowest BCUT2D eigenvalue weighted by atomic mass is 9.97. The van der Waals surface area contributed by atoms with E-state index in [-0.39, 0.29) is 24.3 Å². The van der Waals surface area contributed by atoms with Gasteiger partial charge in [-0.05, 0) is 49.1 Å². The van der Waals surface area contributed by atoms with Crippen molar-refractivity contribution >= 4 is 5.83 Å². The van der Waals surface area contributed by atoms with Crippen LogP contribution in [-0.2, 0) is 22.3 Å². The van der Waals surface area contributed by atoms with Gasteiger partial charge in [0, 0.05) is 23.5 Å². The van der Waals surface area contributed by atoms with Gasteiger partial charge in [0.25, 0.3) is 0 Å². The van der Waals surface area contributed by atoms with Crippen LogP contribution >= 0.6 is 0 Å². The van der Waals surface area contributed by atoms with Crippen molar-refractivity contribution in [2.24, 2.45) is 0 Å². The van der Waals surface area contributed by atoms with Gasteiger partial charge in [-0.2, -0.15) is 0 Å².